The Morgan fingerprint density at radius 3 is 2.50 bits per heavy atom. The highest BCUT2D eigenvalue weighted by molar-refractivity contribution is 6.30. The molecule has 0 bridgehead atoms. The van der Waals surface area contributed by atoms with Crippen LogP contribution in [0.15, 0.2) is 69.4 Å². The number of nitrogens with one attached hydrogen (secondary N) is 1. The molecule has 56 heavy (non-hydrogen) atoms. The molecule has 0 aliphatic carbocycles. The summed E-state index contributed by atoms with van der Waals surface area (Å²) in [6, 6.07) is 18.1. The lowest BCUT2D eigenvalue weighted by atomic mass is 9.90. The highest BCUT2D eigenvalue weighted by atomic mass is 35.5. The molecule has 0 spiro atoms. The van der Waals surface area contributed by atoms with Crippen molar-refractivity contribution in [3.63, 3.8) is 0 Å². The van der Waals surface area contributed by atoms with E-state index in [1.165, 1.54) is 17.3 Å². The van der Waals surface area contributed by atoms with Gasteiger partial charge in [0.05, 0.1) is 18.2 Å². The van der Waals surface area contributed by atoms with E-state index in [9.17, 15) is 24.4 Å². The molecule has 4 heterocycles. The van der Waals surface area contributed by atoms with Crippen molar-refractivity contribution < 1.29 is 23.5 Å². The largest absolute Gasteiger partial charge is 0.497 e. The Morgan fingerprint density at radius 2 is 1.73 bits per heavy atom. The van der Waals surface area contributed by atoms with E-state index in [1.54, 1.807) is 42.0 Å². The standard InChI is InChI=1S/C45H45ClN4O6/c1-28-38(39-26-36(55-2)17-18-40(39)50(28)44(53)29-13-15-34(46)16-14-29)25-35(51)11-6-4-3-5-7-19-48-43(52)33(27-47)24-32-23-31-22-30-10-8-20-49-21-9-12-37(41(30)49)42(31)56-45(32)54/h13-18,22-24,26H,3-12,19-21,25H2,1-2H3,(H,48,52). The van der Waals surface area contributed by atoms with Crippen LogP contribution in [-0.4, -0.2) is 48.9 Å². The number of ketones is 1. The molecule has 0 radical (unpaired) electrons. The molecule has 7 rings (SSSR count). The molecule has 0 fully saturated rings. The summed E-state index contributed by atoms with van der Waals surface area (Å²) >= 11 is 6.05. The van der Waals surface area contributed by atoms with Crippen LogP contribution in [0.2, 0.25) is 5.02 Å². The number of halogens is 1. The summed E-state index contributed by atoms with van der Waals surface area (Å²) in [7, 11) is 1.59. The number of benzene rings is 3. The Kier molecular flexibility index (Phi) is 11.7. The quantitative estimate of drug-likeness (QED) is 0.0516. The van der Waals surface area contributed by atoms with Crippen molar-refractivity contribution in [2.75, 3.05) is 31.6 Å². The smallest absolute Gasteiger partial charge is 0.343 e. The van der Waals surface area contributed by atoms with Gasteiger partial charge in [-0.2, -0.15) is 5.26 Å². The number of hydrogen-bond acceptors (Lipinski definition) is 8. The highest BCUT2D eigenvalue weighted by Crippen LogP contribution is 2.40. The van der Waals surface area contributed by atoms with E-state index in [4.69, 9.17) is 20.8 Å². The lowest BCUT2D eigenvalue weighted by Gasteiger charge is -2.37. The molecular weight excluding hydrogens is 728 g/mol. The van der Waals surface area contributed by atoms with Crippen molar-refractivity contribution >= 4 is 62.8 Å². The minimum atomic E-state index is -0.563. The number of methoxy groups -OCH3 is 1. The number of unbranched alkanes of at least 4 members (excludes halogenated alkanes) is 4. The third-order valence-electron chi connectivity index (χ3n) is 11.0. The predicted octanol–water partition coefficient (Wildman–Crippen LogP) is 8.28. The van der Waals surface area contributed by atoms with Crippen molar-refractivity contribution in [1.29, 1.82) is 5.26 Å². The molecule has 2 aromatic heterocycles. The van der Waals surface area contributed by atoms with Crippen LogP contribution in [0.1, 0.15) is 89.7 Å². The van der Waals surface area contributed by atoms with Crippen LogP contribution in [0.25, 0.3) is 27.9 Å². The van der Waals surface area contributed by atoms with Crippen LogP contribution in [0.4, 0.5) is 5.69 Å². The van der Waals surface area contributed by atoms with Gasteiger partial charge >= 0.3 is 5.63 Å². The van der Waals surface area contributed by atoms with Gasteiger partial charge in [-0.1, -0.05) is 30.9 Å². The number of amides is 1. The Morgan fingerprint density at radius 1 is 0.982 bits per heavy atom. The van der Waals surface area contributed by atoms with Gasteiger partial charge in [0.1, 0.15) is 28.8 Å². The molecule has 288 valence electrons. The first kappa shape index (κ1) is 38.6. The van der Waals surface area contributed by atoms with Crippen molar-refractivity contribution in [2.24, 2.45) is 0 Å². The second kappa shape index (κ2) is 17.0. The molecule has 2 aliphatic rings. The second-order valence-corrected chi connectivity index (χ2v) is 15.2. The third-order valence-corrected chi connectivity index (χ3v) is 11.3. The lowest BCUT2D eigenvalue weighted by molar-refractivity contribution is -0.118. The zero-order valence-corrected chi connectivity index (χ0v) is 32.6. The normalized spacial score (nSPS) is 13.8. The van der Waals surface area contributed by atoms with Crippen molar-refractivity contribution in [2.45, 2.75) is 77.6 Å². The van der Waals surface area contributed by atoms with Crippen LogP contribution in [-0.2, 0) is 28.9 Å². The average molecular weight is 773 g/mol. The molecule has 0 saturated carbocycles. The van der Waals surface area contributed by atoms with E-state index < -0.39 is 11.5 Å². The molecular formula is C45H45ClN4O6. The summed E-state index contributed by atoms with van der Waals surface area (Å²) in [5.74, 6) is 0.0187. The van der Waals surface area contributed by atoms with Crippen LogP contribution >= 0.6 is 11.6 Å². The van der Waals surface area contributed by atoms with Crippen LogP contribution in [0.3, 0.4) is 0 Å². The van der Waals surface area contributed by atoms with E-state index in [-0.39, 0.29) is 29.2 Å². The number of Topliss-reactive ketones (excluding diaryl/α,β-unsaturated/α-hetero) is 1. The Hall–Kier alpha value is -5.66. The molecule has 3 aromatic carbocycles. The topological polar surface area (TPSA) is 135 Å². The van der Waals surface area contributed by atoms with Crippen molar-refractivity contribution in [1.82, 2.24) is 9.88 Å². The number of hydrogen-bond donors (Lipinski definition) is 1. The summed E-state index contributed by atoms with van der Waals surface area (Å²) in [6.07, 6.45) is 9.90. The SMILES string of the molecule is COc1ccc2c(c1)c(CC(=O)CCCCCCCNC(=O)C(C#N)=Cc1cc3cc4c5c(c3oc1=O)CCCN5CCC4)c(C)n2C(=O)c1ccc(Cl)cc1. The van der Waals surface area contributed by atoms with Crippen LogP contribution in [0.5, 0.6) is 5.75 Å². The summed E-state index contributed by atoms with van der Waals surface area (Å²) in [5, 5.41) is 14.8. The number of rotatable bonds is 14. The number of fused-ring (bicyclic) bond motifs is 3. The molecule has 2 aliphatic heterocycles. The van der Waals surface area contributed by atoms with Gasteiger partial charge in [0.25, 0.3) is 11.8 Å². The number of anilines is 1. The minimum absolute atomic E-state index is 0.0954. The predicted molar refractivity (Wildman–Crippen MR) is 219 cm³/mol. The van der Waals surface area contributed by atoms with E-state index in [1.807, 2.05) is 31.2 Å². The number of ether oxygens (including phenoxy) is 1. The van der Waals surface area contributed by atoms with Gasteiger partial charge in [-0.05, 0) is 117 Å². The fraction of sp³-hybridized carbons (Fsp3) is 0.356. The third kappa shape index (κ3) is 8.00. The van der Waals surface area contributed by atoms with Gasteiger partial charge in [-0.25, -0.2) is 4.79 Å². The first-order valence-electron chi connectivity index (χ1n) is 19.4. The fourth-order valence-electron chi connectivity index (χ4n) is 8.22. The first-order valence-corrected chi connectivity index (χ1v) is 19.8. The van der Waals surface area contributed by atoms with E-state index in [2.05, 4.69) is 16.3 Å². The van der Waals surface area contributed by atoms with Crippen molar-refractivity contribution in [3.8, 4) is 11.8 Å². The van der Waals surface area contributed by atoms with E-state index in [0.717, 1.165) is 92.0 Å². The molecule has 11 heteroatoms. The molecule has 5 aromatic rings. The monoisotopic (exact) mass is 772 g/mol. The average Bonchev–Trinajstić information content (AvgIpc) is 3.47. The Balaban J connectivity index is 0.893. The van der Waals surface area contributed by atoms with Gasteiger partial charge in [-0.15, -0.1) is 0 Å². The summed E-state index contributed by atoms with van der Waals surface area (Å²) in [5.41, 5.74) is 6.38. The van der Waals surface area contributed by atoms with E-state index in [0.29, 0.717) is 46.8 Å². The number of carbonyl (C=O) groups excluding carboxylic acids is 3. The zero-order valence-electron chi connectivity index (χ0n) is 31.8. The fourth-order valence-corrected chi connectivity index (χ4v) is 8.35. The van der Waals surface area contributed by atoms with Gasteiger partial charge in [-0.3, -0.25) is 19.0 Å². The van der Waals surface area contributed by atoms with E-state index >= 15 is 0 Å². The van der Waals surface area contributed by atoms with Gasteiger partial charge in [0, 0.05) is 70.8 Å². The summed E-state index contributed by atoms with van der Waals surface area (Å²) < 4.78 is 12.9. The maximum Gasteiger partial charge on any atom is 0.343 e. The number of aromatic nitrogens is 1. The molecule has 0 atom stereocenters. The van der Waals surface area contributed by atoms with Gasteiger partial charge in [0.15, 0.2) is 0 Å². The lowest BCUT2D eigenvalue weighted by Crippen LogP contribution is -2.34. The minimum Gasteiger partial charge on any atom is -0.497 e. The summed E-state index contributed by atoms with van der Waals surface area (Å²) in [4.78, 5) is 55.1. The van der Waals surface area contributed by atoms with Crippen LogP contribution in [0, 0.1) is 18.3 Å². The maximum atomic E-state index is 13.6. The molecule has 0 saturated heterocycles. The number of nitriles is 1. The molecule has 1 amide bonds. The Labute approximate surface area is 330 Å². The number of carbonyl (C=O) groups is 3. The maximum absolute atomic E-state index is 13.6. The second-order valence-electron chi connectivity index (χ2n) is 14.7. The summed E-state index contributed by atoms with van der Waals surface area (Å²) in [6.45, 7) is 4.28. The zero-order chi connectivity index (χ0) is 39.3. The molecule has 0 unspecified atom stereocenters. The highest BCUT2D eigenvalue weighted by Gasteiger charge is 2.27. The van der Waals surface area contributed by atoms with Crippen LogP contribution < -0.4 is 20.6 Å². The van der Waals surface area contributed by atoms with Gasteiger partial charge < -0.3 is 19.4 Å². The number of nitrogens with zero attached hydrogens (tertiary/aromatic N) is 3. The Bertz CT molecular complexity index is 2470. The van der Waals surface area contributed by atoms with Gasteiger partial charge in [0.2, 0.25) is 0 Å². The number of aryl methyl sites for hydroxylation is 2. The first-order chi connectivity index (χ1) is 27.2. The molecule has 1 N–H and O–H groups in total. The molecule has 10 nitrogen and oxygen atoms in total. The van der Waals surface area contributed by atoms with Crippen molar-refractivity contribution in [3.05, 3.63) is 109 Å².